The van der Waals surface area contributed by atoms with E-state index in [1.165, 1.54) is 25.6 Å². The Hall–Kier alpha value is -2.05. The zero-order chi connectivity index (χ0) is 13.2. The summed E-state index contributed by atoms with van der Waals surface area (Å²) in [5, 5.41) is 0.661. The molecule has 0 aliphatic carbocycles. The number of aromatic nitrogens is 2. The van der Waals surface area contributed by atoms with E-state index >= 15 is 0 Å². The van der Waals surface area contributed by atoms with E-state index < -0.39 is 12.8 Å². The highest BCUT2D eigenvalue weighted by Crippen LogP contribution is 2.32. The molecule has 0 unspecified atom stereocenters. The number of alkyl halides is 3. The number of benzene rings is 1. The lowest BCUT2D eigenvalue weighted by atomic mass is 10.2. The third kappa shape index (κ3) is 2.79. The monoisotopic (exact) mass is 258 g/mol. The van der Waals surface area contributed by atoms with Crippen LogP contribution in [-0.4, -0.2) is 29.9 Å². The van der Waals surface area contributed by atoms with Crippen molar-refractivity contribution in [3.63, 3.8) is 0 Å². The number of hydrogen-bond donors (Lipinski definition) is 0. The Morgan fingerprint density at radius 3 is 2.67 bits per heavy atom. The summed E-state index contributed by atoms with van der Waals surface area (Å²) in [5.41, 5.74) is 0.489. The average Bonchev–Trinajstić information content (AvgIpc) is 2.34. The summed E-state index contributed by atoms with van der Waals surface area (Å²) in [4.78, 5) is 7.75. The fourth-order valence-corrected chi connectivity index (χ4v) is 1.42. The smallest absolute Gasteiger partial charge is 0.422 e. The maximum atomic E-state index is 12.1. The van der Waals surface area contributed by atoms with Crippen molar-refractivity contribution in [1.82, 2.24) is 9.97 Å². The second kappa shape index (κ2) is 4.67. The largest absolute Gasteiger partial charge is 0.493 e. The van der Waals surface area contributed by atoms with Crippen molar-refractivity contribution in [1.29, 1.82) is 0 Å². The topological polar surface area (TPSA) is 44.2 Å². The van der Waals surface area contributed by atoms with Gasteiger partial charge in [0.05, 0.1) is 12.6 Å². The van der Waals surface area contributed by atoms with Crippen molar-refractivity contribution in [3.8, 4) is 11.5 Å². The maximum absolute atomic E-state index is 12.1. The van der Waals surface area contributed by atoms with Crippen LogP contribution in [0.25, 0.3) is 10.9 Å². The lowest BCUT2D eigenvalue weighted by molar-refractivity contribution is -0.153. The van der Waals surface area contributed by atoms with Gasteiger partial charge in [0.25, 0.3) is 0 Å². The molecule has 0 amide bonds. The van der Waals surface area contributed by atoms with Gasteiger partial charge in [-0.2, -0.15) is 13.2 Å². The summed E-state index contributed by atoms with van der Waals surface area (Å²) in [6.45, 7) is -1.38. The minimum absolute atomic E-state index is 0.000949. The van der Waals surface area contributed by atoms with Crippen LogP contribution in [0, 0.1) is 0 Å². The van der Waals surface area contributed by atoms with Crippen molar-refractivity contribution in [2.24, 2.45) is 0 Å². The number of methoxy groups -OCH3 is 1. The highest BCUT2D eigenvalue weighted by molar-refractivity contribution is 5.81. The number of halogens is 3. The predicted octanol–water partition coefficient (Wildman–Crippen LogP) is 2.58. The van der Waals surface area contributed by atoms with E-state index in [0.717, 1.165) is 0 Å². The third-order valence-electron chi connectivity index (χ3n) is 2.18. The molecule has 0 radical (unpaired) electrons. The van der Waals surface area contributed by atoms with Crippen molar-refractivity contribution >= 4 is 10.9 Å². The lowest BCUT2D eigenvalue weighted by Crippen LogP contribution is -2.19. The van der Waals surface area contributed by atoms with Gasteiger partial charge in [-0.05, 0) is 6.07 Å². The molecule has 0 saturated heterocycles. The first-order valence-corrected chi connectivity index (χ1v) is 4.97. The molecule has 18 heavy (non-hydrogen) atoms. The van der Waals surface area contributed by atoms with Crippen LogP contribution in [0.5, 0.6) is 11.5 Å². The quantitative estimate of drug-likeness (QED) is 0.848. The molecule has 96 valence electrons. The molecule has 0 spiro atoms. The second-order valence-electron chi connectivity index (χ2n) is 3.49. The SMILES string of the molecule is COc1cc2cncnc2cc1OCC(F)(F)F. The van der Waals surface area contributed by atoms with Crippen molar-refractivity contribution < 1.29 is 22.6 Å². The van der Waals surface area contributed by atoms with E-state index in [9.17, 15) is 13.2 Å². The van der Waals surface area contributed by atoms with E-state index in [0.29, 0.717) is 10.9 Å². The van der Waals surface area contributed by atoms with Gasteiger partial charge in [0.15, 0.2) is 18.1 Å². The first-order chi connectivity index (χ1) is 8.49. The summed E-state index contributed by atoms with van der Waals surface area (Å²) in [7, 11) is 1.35. The van der Waals surface area contributed by atoms with Gasteiger partial charge in [0.2, 0.25) is 0 Å². The van der Waals surface area contributed by atoms with Crippen molar-refractivity contribution in [2.75, 3.05) is 13.7 Å². The van der Waals surface area contributed by atoms with E-state index in [1.54, 1.807) is 6.20 Å². The van der Waals surface area contributed by atoms with Gasteiger partial charge in [-0.3, -0.25) is 0 Å². The Morgan fingerprint density at radius 1 is 1.22 bits per heavy atom. The van der Waals surface area contributed by atoms with Crippen LogP contribution in [0.2, 0.25) is 0 Å². The molecule has 7 heteroatoms. The molecule has 0 N–H and O–H groups in total. The fraction of sp³-hybridized carbons (Fsp3) is 0.273. The third-order valence-corrected chi connectivity index (χ3v) is 2.18. The number of hydrogen-bond acceptors (Lipinski definition) is 4. The van der Waals surface area contributed by atoms with Gasteiger partial charge < -0.3 is 9.47 Å². The van der Waals surface area contributed by atoms with E-state index in [-0.39, 0.29) is 11.5 Å². The zero-order valence-corrected chi connectivity index (χ0v) is 9.36. The van der Waals surface area contributed by atoms with Gasteiger partial charge in [-0.25, -0.2) is 9.97 Å². The Morgan fingerprint density at radius 2 is 2.00 bits per heavy atom. The maximum Gasteiger partial charge on any atom is 0.422 e. The highest BCUT2D eigenvalue weighted by Gasteiger charge is 2.29. The van der Waals surface area contributed by atoms with Crippen LogP contribution >= 0.6 is 0 Å². The standard InChI is InChI=1S/C11H9F3N2O2/c1-17-9-2-7-4-15-6-16-8(7)3-10(9)18-5-11(12,13)14/h2-4,6H,5H2,1H3. The van der Waals surface area contributed by atoms with Crippen LogP contribution in [-0.2, 0) is 0 Å². The zero-order valence-electron chi connectivity index (χ0n) is 9.36. The van der Waals surface area contributed by atoms with Crippen molar-refractivity contribution in [3.05, 3.63) is 24.7 Å². The number of nitrogens with zero attached hydrogens (tertiary/aromatic N) is 2. The van der Waals surface area contributed by atoms with Crippen molar-refractivity contribution in [2.45, 2.75) is 6.18 Å². The summed E-state index contributed by atoms with van der Waals surface area (Å²) in [6, 6.07) is 2.92. The molecule has 0 atom stereocenters. The molecule has 0 aliphatic heterocycles. The van der Waals surface area contributed by atoms with Crippen LogP contribution in [0.4, 0.5) is 13.2 Å². The van der Waals surface area contributed by atoms with Gasteiger partial charge in [-0.1, -0.05) is 0 Å². The van der Waals surface area contributed by atoms with Crippen LogP contribution in [0.3, 0.4) is 0 Å². The predicted molar refractivity (Wildman–Crippen MR) is 57.6 cm³/mol. The summed E-state index contributed by atoms with van der Waals surface area (Å²) in [6.07, 6.45) is -1.55. The average molecular weight is 258 g/mol. The molecule has 0 saturated carbocycles. The Kier molecular flexibility index (Phi) is 3.22. The van der Waals surface area contributed by atoms with E-state index in [4.69, 9.17) is 9.47 Å². The second-order valence-corrected chi connectivity index (χ2v) is 3.49. The molecule has 0 aliphatic rings. The molecule has 0 bridgehead atoms. The molecule has 1 aromatic carbocycles. The fourth-order valence-electron chi connectivity index (χ4n) is 1.42. The van der Waals surface area contributed by atoms with E-state index in [1.807, 2.05) is 0 Å². The summed E-state index contributed by atoms with van der Waals surface area (Å²) in [5.74, 6) is 0.211. The van der Waals surface area contributed by atoms with Crippen LogP contribution < -0.4 is 9.47 Å². The number of fused-ring (bicyclic) bond motifs is 1. The lowest BCUT2D eigenvalue weighted by Gasteiger charge is -2.12. The first-order valence-electron chi connectivity index (χ1n) is 4.97. The van der Waals surface area contributed by atoms with Crippen LogP contribution in [0.1, 0.15) is 0 Å². The molecular weight excluding hydrogens is 249 g/mol. The molecular formula is C11H9F3N2O2. The normalized spacial score (nSPS) is 11.6. The Labute approximate surface area is 100 Å². The molecule has 2 aromatic rings. The van der Waals surface area contributed by atoms with Gasteiger partial charge in [-0.15, -0.1) is 0 Å². The summed E-state index contributed by atoms with van der Waals surface area (Å²) < 4.78 is 46.0. The molecule has 4 nitrogen and oxygen atoms in total. The number of rotatable bonds is 3. The molecule has 2 rings (SSSR count). The van der Waals surface area contributed by atoms with Gasteiger partial charge in [0, 0.05) is 17.6 Å². The molecule has 1 aromatic heterocycles. The minimum atomic E-state index is -4.40. The summed E-state index contributed by atoms with van der Waals surface area (Å²) >= 11 is 0. The van der Waals surface area contributed by atoms with Crippen LogP contribution in [0.15, 0.2) is 24.7 Å². The highest BCUT2D eigenvalue weighted by atomic mass is 19.4. The Bertz CT molecular complexity index is 557. The van der Waals surface area contributed by atoms with Gasteiger partial charge >= 0.3 is 6.18 Å². The first kappa shape index (κ1) is 12.4. The van der Waals surface area contributed by atoms with Gasteiger partial charge in [0.1, 0.15) is 6.33 Å². The van der Waals surface area contributed by atoms with E-state index in [2.05, 4.69) is 9.97 Å². The molecule has 0 fully saturated rings. The number of ether oxygens (including phenoxy) is 2. The molecule has 1 heterocycles. The minimum Gasteiger partial charge on any atom is -0.493 e. The Balaban J connectivity index is 2.36.